The molecular formula is H5InO3S. The molecule has 0 aromatic rings. The fraction of sp³-hybridized carbons (Fsp3) is 0. The molecule has 0 fully saturated rings. The van der Waals surface area contributed by atoms with Crippen molar-refractivity contribution in [1.82, 2.24) is 0 Å². The molecule has 0 aromatic heterocycles. The number of rotatable bonds is 0. The van der Waals surface area contributed by atoms with Gasteiger partial charge in [0.2, 0.25) is 0 Å². The standard InChI is InChI=1S/In.H2O3S.3H/c;1-4(2)3;;;/h;(H2,1,2,3);;;. The molecule has 0 heterocycles. The summed E-state index contributed by atoms with van der Waals surface area (Å²) in [6.07, 6.45) is 0. The number of hydrogen-bond donors (Lipinski definition) is 2. The van der Waals surface area contributed by atoms with Crippen molar-refractivity contribution in [3.8, 4) is 0 Å². The summed E-state index contributed by atoms with van der Waals surface area (Å²) in [5, 5.41) is 0. The first-order valence-electron chi connectivity index (χ1n) is 0.532. The maximum absolute atomic E-state index is 8.67. The first-order valence-corrected chi connectivity index (χ1v) is 1.60. The molecule has 0 radical (unpaired) electrons. The average molecular weight is 200 g/mol. The first-order chi connectivity index (χ1) is 1.73. The Morgan fingerprint density at radius 3 is 1.40 bits per heavy atom. The SMILES string of the molecule is O=S(O)O.[InH3]. The van der Waals surface area contributed by atoms with Crippen LogP contribution in [0.15, 0.2) is 0 Å². The molecule has 0 saturated heterocycles. The summed E-state index contributed by atoms with van der Waals surface area (Å²) in [5.41, 5.74) is 0. The van der Waals surface area contributed by atoms with Gasteiger partial charge >= 0.3 is 25.8 Å². The molecule has 0 aliphatic carbocycles. The van der Waals surface area contributed by atoms with Gasteiger partial charge in [0.1, 0.15) is 0 Å². The summed E-state index contributed by atoms with van der Waals surface area (Å²) in [4.78, 5) is 0. The van der Waals surface area contributed by atoms with Gasteiger partial charge in [-0.2, -0.15) is 4.21 Å². The average Bonchev–Trinajstić information content (AvgIpc) is 0.811. The van der Waals surface area contributed by atoms with Gasteiger partial charge in [0.15, 0.2) is 0 Å². The summed E-state index contributed by atoms with van der Waals surface area (Å²) >= 11 is -2.61. The third kappa shape index (κ3) is 48.3. The molecule has 32 valence electrons. The van der Waals surface area contributed by atoms with Gasteiger partial charge in [0.05, 0.1) is 0 Å². The summed E-state index contributed by atoms with van der Waals surface area (Å²) in [7, 11) is 0. The molecule has 2 N–H and O–H groups in total. The minimum atomic E-state index is -2.61. The van der Waals surface area contributed by atoms with Crippen LogP contribution in [-0.4, -0.2) is 39.2 Å². The minimum absolute atomic E-state index is 0. The van der Waals surface area contributed by atoms with E-state index >= 15 is 0 Å². The van der Waals surface area contributed by atoms with E-state index in [4.69, 9.17) is 13.3 Å². The van der Waals surface area contributed by atoms with Crippen LogP contribution in [0.2, 0.25) is 0 Å². The zero-order valence-corrected chi connectivity index (χ0v) is 2.53. The van der Waals surface area contributed by atoms with Crippen molar-refractivity contribution in [1.29, 1.82) is 0 Å². The van der Waals surface area contributed by atoms with Crippen LogP contribution in [0.4, 0.5) is 0 Å². The Kier molecular flexibility index (Phi) is 9.23. The van der Waals surface area contributed by atoms with Crippen molar-refractivity contribution < 1.29 is 13.3 Å². The van der Waals surface area contributed by atoms with Crippen molar-refractivity contribution in [2.45, 2.75) is 0 Å². The summed E-state index contributed by atoms with van der Waals surface area (Å²) in [5.74, 6) is 0. The van der Waals surface area contributed by atoms with E-state index in [1.54, 1.807) is 0 Å². The molecule has 0 saturated carbocycles. The molecule has 0 aromatic carbocycles. The van der Waals surface area contributed by atoms with Crippen LogP contribution in [0.1, 0.15) is 0 Å². The van der Waals surface area contributed by atoms with Gasteiger partial charge < -0.3 is 0 Å². The monoisotopic (exact) mass is 200 g/mol. The zero-order chi connectivity index (χ0) is 3.58. The van der Waals surface area contributed by atoms with Gasteiger partial charge in [-0.05, 0) is 0 Å². The Hall–Kier alpha value is 0.940. The quantitative estimate of drug-likeness (QED) is 0.467. The molecule has 3 nitrogen and oxygen atoms in total. The van der Waals surface area contributed by atoms with Gasteiger partial charge in [-0.25, -0.2) is 0 Å². The molecule has 0 rings (SSSR count). The van der Waals surface area contributed by atoms with Crippen molar-refractivity contribution >= 4 is 37.2 Å². The molecule has 0 spiro atoms. The van der Waals surface area contributed by atoms with E-state index in [9.17, 15) is 0 Å². The van der Waals surface area contributed by atoms with Crippen molar-refractivity contribution in [3.05, 3.63) is 0 Å². The Balaban J connectivity index is 0. The van der Waals surface area contributed by atoms with E-state index in [2.05, 4.69) is 0 Å². The molecule has 0 aliphatic rings. The van der Waals surface area contributed by atoms with E-state index in [-0.39, 0.29) is 25.8 Å². The van der Waals surface area contributed by atoms with Crippen LogP contribution in [0.25, 0.3) is 0 Å². The van der Waals surface area contributed by atoms with Crippen LogP contribution >= 0.6 is 0 Å². The van der Waals surface area contributed by atoms with E-state index in [0.29, 0.717) is 0 Å². The van der Waals surface area contributed by atoms with Crippen LogP contribution in [-0.2, 0) is 11.4 Å². The van der Waals surface area contributed by atoms with Crippen LogP contribution in [0.5, 0.6) is 0 Å². The predicted molar refractivity (Wildman–Crippen MR) is 23.3 cm³/mol. The predicted octanol–water partition coefficient (Wildman–Crippen LogP) is -1.50. The van der Waals surface area contributed by atoms with Gasteiger partial charge in [-0.15, -0.1) is 0 Å². The molecule has 0 aliphatic heterocycles. The molecule has 0 amide bonds. The second-order valence-electron chi connectivity index (χ2n) is 0.231. The van der Waals surface area contributed by atoms with E-state index < -0.39 is 11.4 Å². The third-order valence-corrected chi connectivity index (χ3v) is 0. The molecular weight excluding hydrogens is 195 g/mol. The topological polar surface area (TPSA) is 57.5 Å². The van der Waals surface area contributed by atoms with E-state index in [1.165, 1.54) is 0 Å². The Labute approximate surface area is 50.7 Å². The van der Waals surface area contributed by atoms with Crippen molar-refractivity contribution in [3.63, 3.8) is 0 Å². The second-order valence-corrected chi connectivity index (χ2v) is 0.692. The third-order valence-electron chi connectivity index (χ3n) is 0. The Morgan fingerprint density at radius 2 is 1.40 bits per heavy atom. The van der Waals surface area contributed by atoms with Crippen LogP contribution in [0.3, 0.4) is 0 Å². The van der Waals surface area contributed by atoms with Gasteiger partial charge in [0, 0.05) is 0 Å². The molecule has 0 bridgehead atoms. The molecule has 0 atom stereocenters. The number of hydrogen-bond acceptors (Lipinski definition) is 1. The van der Waals surface area contributed by atoms with Crippen LogP contribution in [0, 0.1) is 0 Å². The fourth-order valence-electron chi connectivity index (χ4n) is 0. The Morgan fingerprint density at radius 1 is 1.40 bits per heavy atom. The molecule has 5 heavy (non-hydrogen) atoms. The van der Waals surface area contributed by atoms with E-state index in [0.717, 1.165) is 0 Å². The first kappa shape index (κ1) is 9.34. The molecule has 0 unspecified atom stereocenters. The summed E-state index contributed by atoms with van der Waals surface area (Å²) in [6, 6.07) is 0. The second kappa shape index (κ2) is 4.94. The van der Waals surface area contributed by atoms with E-state index in [1.807, 2.05) is 0 Å². The molecule has 5 heteroatoms. The van der Waals surface area contributed by atoms with Crippen LogP contribution < -0.4 is 0 Å². The normalized spacial score (nSPS) is 7.00. The zero-order valence-electron chi connectivity index (χ0n) is 1.71. The van der Waals surface area contributed by atoms with Gasteiger partial charge in [-0.1, -0.05) is 0 Å². The summed E-state index contributed by atoms with van der Waals surface area (Å²) in [6.45, 7) is 0. The fourth-order valence-corrected chi connectivity index (χ4v) is 0. The van der Waals surface area contributed by atoms with Gasteiger partial charge in [0.25, 0.3) is 11.4 Å². The summed E-state index contributed by atoms with van der Waals surface area (Å²) < 4.78 is 22.8. The van der Waals surface area contributed by atoms with Crippen molar-refractivity contribution in [2.75, 3.05) is 0 Å². The Bertz CT molecular complexity index is 29.9. The van der Waals surface area contributed by atoms with Crippen molar-refractivity contribution in [2.24, 2.45) is 0 Å². The maximum atomic E-state index is 8.67. The van der Waals surface area contributed by atoms with Gasteiger partial charge in [-0.3, -0.25) is 9.11 Å².